The molecule has 0 atom stereocenters. The fraction of sp³-hybridized carbons (Fsp3) is 0.100. The maximum Gasteiger partial charge on any atom is 0.169 e. The zero-order valence-corrected chi connectivity index (χ0v) is 8.72. The monoisotopic (exact) mass is 219 g/mol. The van der Waals surface area contributed by atoms with Crippen LogP contribution in [0.25, 0.3) is 0 Å². The summed E-state index contributed by atoms with van der Waals surface area (Å²) in [5.41, 5.74) is 0.499. The standard InChI is InChI=1S/C10H9N3OS/c14-7-9-6-11-12-13(9)8-15-10-4-2-1-3-5-10/h1-7H,8H2. The summed E-state index contributed by atoms with van der Waals surface area (Å²) in [6.45, 7) is 0. The smallest absolute Gasteiger partial charge is 0.169 e. The molecule has 0 amide bonds. The summed E-state index contributed by atoms with van der Waals surface area (Å²) < 4.78 is 1.57. The van der Waals surface area contributed by atoms with Gasteiger partial charge in [0.05, 0.1) is 12.1 Å². The Bertz CT molecular complexity index is 441. The van der Waals surface area contributed by atoms with E-state index in [4.69, 9.17) is 0 Å². The Labute approximate surface area is 91.3 Å². The molecule has 0 aliphatic heterocycles. The molecule has 2 aromatic rings. The van der Waals surface area contributed by atoms with Gasteiger partial charge >= 0.3 is 0 Å². The van der Waals surface area contributed by atoms with E-state index in [1.165, 1.54) is 6.20 Å². The van der Waals surface area contributed by atoms with Gasteiger partial charge in [0.1, 0.15) is 5.69 Å². The third kappa shape index (κ3) is 2.44. The van der Waals surface area contributed by atoms with Crippen molar-refractivity contribution < 1.29 is 4.79 Å². The summed E-state index contributed by atoms with van der Waals surface area (Å²) in [5.74, 6) is 0.595. The number of carbonyl (C=O) groups is 1. The third-order valence-electron chi connectivity index (χ3n) is 1.87. The Morgan fingerprint density at radius 1 is 1.33 bits per heavy atom. The van der Waals surface area contributed by atoms with Crippen LogP contribution in [0, 0.1) is 0 Å². The first-order valence-electron chi connectivity index (χ1n) is 4.41. The van der Waals surface area contributed by atoms with Crippen molar-refractivity contribution in [2.75, 3.05) is 0 Å². The van der Waals surface area contributed by atoms with Crippen LogP contribution in [0.15, 0.2) is 41.4 Å². The van der Waals surface area contributed by atoms with Crippen molar-refractivity contribution in [2.45, 2.75) is 10.8 Å². The average Bonchev–Trinajstić information content (AvgIpc) is 2.75. The molecule has 0 fully saturated rings. The molecular formula is C10H9N3OS. The van der Waals surface area contributed by atoms with Gasteiger partial charge in [0, 0.05) is 4.90 Å². The number of benzene rings is 1. The first-order valence-corrected chi connectivity index (χ1v) is 5.40. The van der Waals surface area contributed by atoms with Crippen LogP contribution in [0.2, 0.25) is 0 Å². The lowest BCUT2D eigenvalue weighted by molar-refractivity contribution is 0.111. The van der Waals surface area contributed by atoms with Gasteiger partial charge in [0.15, 0.2) is 6.29 Å². The predicted molar refractivity (Wildman–Crippen MR) is 57.7 cm³/mol. The summed E-state index contributed by atoms with van der Waals surface area (Å²) in [6, 6.07) is 9.95. The summed E-state index contributed by atoms with van der Waals surface area (Å²) in [7, 11) is 0. The number of thioether (sulfide) groups is 1. The third-order valence-corrected chi connectivity index (χ3v) is 2.84. The number of nitrogens with zero attached hydrogens (tertiary/aromatic N) is 3. The predicted octanol–water partition coefficient (Wildman–Crippen LogP) is 1.84. The highest BCUT2D eigenvalue weighted by Crippen LogP contribution is 2.18. The number of aldehydes is 1. The van der Waals surface area contributed by atoms with E-state index in [-0.39, 0.29) is 0 Å². The van der Waals surface area contributed by atoms with Crippen LogP contribution in [0.4, 0.5) is 0 Å². The molecule has 1 aromatic carbocycles. The summed E-state index contributed by atoms with van der Waals surface area (Å²) in [6.07, 6.45) is 2.21. The molecule has 0 unspecified atom stereocenters. The highest BCUT2D eigenvalue weighted by atomic mass is 32.2. The van der Waals surface area contributed by atoms with Crippen molar-refractivity contribution in [2.24, 2.45) is 0 Å². The fourth-order valence-electron chi connectivity index (χ4n) is 1.11. The van der Waals surface area contributed by atoms with Gasteiger partial charge in [-0.3, -0.25) is 4.79 Å². The van der Waals surface area contributed by atoms with Crippen molar-refractivity contribution >= 4 is 18.0 Å². The Morgan fingerprint density at radius 2 is 2.13 bits per heavy atom. The minimum atomic E-state index is 0.499. The van der Waals surface area contributed by atoms with Crippen molar-refractivity contribution in [3.63, 3.8) is 0 Å². The molecule has 0 N–H and O–H groups in total. The zero-order chi connectivity index (χ0) is 10.5. The summed E-state index contributed by atoms with van der Waals surface area (Å²) in [4.78, 5) is 11.7. The number of carbonyl (C=O) groups excluding carboxylic acids is 1. The molecule has 2 rings (SSSR count). The average molecular weight is 219 g/mol. The highest BCUT2D eigenvalue weighted by Gasteiger charge is 2.02. The van der Waals surface area contributed by atoms with Crippen LogP contribution in [-0.2, 0) is 5.88 Å². The minimum Gasteiger partial charge on any atom is -0.296 e. The molecule has 0 saturated heterocycles. The van der Waals surface area contributed by atoms with Crippen LogP contribution in [-0.4, -0.2) is 21.3 Å². The van der Waals surface area contributed by atoms with Gasteiger partial charge in [0.2, 0.25) is 0 Å². The van der Waals surface area contributed by atoms with Gasteiger partial charge in [-0.05, 0) is 12.1 Å². The van der Waals surface area contributed by atoms with Crippen molar-refractivity contribution in [3.8, 4) is 0 Å². The number of rotatable bonds is 4. The SMILES string of the molecule is O=Cc1cnnn1CSc1ccccc1. The lowest BCUT2D eigenvalue weighted by Crippen LogP contribution is -2.01. The number of hydrogen-bond donors (Lipinski definition) is 0. The van der Waals surface area contributed by atoms with Gasteiger partial charge in [0.25, 0.3) is 0 Å². The van der Waals surface area contributed by atoms with Gasteiger partial charge in [-0.25, -0.2) is 4.68 Å². The minimum absolute atomic E-state index is 0.499. The van der Waals surface area contributed by atoms with E-state index in [1.54, 1.807) is 16.4 Å². The first-order chi connectivity index (χ1) is 7.40. The molecule has 1 aromatic heterocycles. The van der Waals surface area contributed by atoms with Crippen LogP contribution in [0.3, 0.4) is 0 Å². The number of hydrogen-bond acceptors (Lipinski definition) is 4. The van der Waals surface area contributed by atoms with Crippen LogP contribution < -0.4 is 0 Å². The topological polar surface area (TPSA) is 47.8 Å². The van der Waals surface area contributed by atoms with E-state index in [2.05, 4.69) is 10.3 Å². The molecule has 0 bridgehead atoms. The van der Waals surface area contributed by atoms with Gasteiger partial charge in [-0.1, -0.05) is 23.4 Å². The normalized spacial score (nSPS) is 10.1. The molecule has 0 aliphatic rings. The fourth-order valence-corrected chi connectivity index (χ4v) is 1.93. The maximum absolute atomic E-state index is 10.6. The second kappa shape index (κ2) is 4.75. The van der Waals surface area contributed by atoms with Gasteiger partial charge in [-0.15, -0.1) is 16.9 Å². The van der Waals surface area contributed by atoms with Crippen LogP contribution >= 0.6 is 11.8 Å². The molecular weight excluding hydrogens is 210 g/mol. The van der Waals surface area contributed by atoms with Crippen molar-refractivity contribution in [1.29, 1.82) is 0 Å². The molecule has 1 heterocycles. The lowest BCUT2D eigenvalue weighted by Gasteiger charge is -2.01. The molecule has 76 valence electrons. The Balaban J connectivity index is 2.02. The first kappa shape index (κ1) is 9.92. The second-order valence-electron chi connectivity index (χ2n) is 2.86. The molecule has 0 radical (unpaired) electrons. The van der Waals surface area contributed by atoms with Crippen molar-refractivity contribution in [1.82, 2.24) is 15.0 Å². The van der Waals surface area contributed by atoms with E-state index in [1.807, 2.05) is 30.3 Å². The largest absolute Gasteiger partial charge is 0.296 e. The maximum atomic E-state index is 10.6. The number of aromatic nitrogens is 3. The Kier molecular flexibility index (Phi) is 3.14. The Hall–Kier alpha value is -1.62. The van der Waals surface area contributed by atoms with Gasteiger partial charge in [-0.2, -0.15) is 0 Å². The molecule has 15 heavy (non-hydrogen) atoms. The zero-order valence-electron chi connectivity index (χ0n) is 7.91. The molecule has 4 nitrogen and oxygen atoms in total. The Morgan fingerprint density at radius 3 is 2.87 bits per heavy atom. The second-order valence-corrected chi connectivity index (χ2v) is 3.88. The van der Waals surface area contributed by atoms with Gasteiger partial charge < -0.3 is 0 Å². The van der Waals surface area contributed by atoms with E-state index >= 15 is 0 Å². The molecule has 0 spiro atoms. The molecule has 5 heteroatoms. The highest BCUT2D eigenvalue weighted by molar-refractivity contribution is 7.98. The lowest BCUT2D eigenvalue weighted by atomic mass is 10.4. The van der Waals surface area contributed by atoms with Crippen LogP contribution in [0.5, 0.6) is 0 Å². The van der Waals surface area contributed by atoms with E-state index < -0.39 is 0 Å². The van der Waals surface area contributed by atoms with E-state index in [9.17, 15) is 4.79 Å². The van der Waals surface area contributed by atoms with Crippen LogP contribution in [0.1, 0.15) is 10.5 Å². The van der Waals surface area contributed by atoms with E-state index in [0.29, 0.717) is 11.6 Å². The van der Waals surface area contributed by atoms with E-state index in [0.717, 1.165) is 11.2 Å². The quantitative estimate of drug-likeness (QED) is 0.581. The summed E-state index contributed by atoms with van der Waals surface area (Å²) >= 11 is 1.61. The molecule has 0 saturated carbocycles. The molecule has 0 aliphatic carbocycles. The van der Waals surface area contributed by atoms with Crippen molar-refractivity contribution in [3.05, 3.63) is 42.2 Å². The summed E-state index contributed by atoms with van der Waals surface area (Å²) in [5, 5.41) is 7.49.